The van der Waals surface area contributed by atoms with Gasteiger partial charge in [-0.25, -0.2) is 4.98 Å². The molecular formula is C26H25BrN4O2. The number of anilines is 2. The van der Waals surface area contributed by atoms with Gasteiger partial charge in [-0.2, -0.15) is 0 Å². The van der Waals surface area contributed by atoms with E-state index >= 15 is 0 Å². The second kappa shape index (κ2) is 10.9. The van der Waals surface area contributed by atoms with Crippen LogP contribution in [0.5, 0.6) is 0 Å². The molecule has 4 rings (SSSR count). The van der Waals surface area contributed by atoms with Gasteiger partial charge in [-0.3, -0.25) is 9.59 Å². The van der Waals surface area contributed by atoms with Gasteiger partial charge in [0.25, 0.3) is 5.91 Å². The number of amides is 2. The molecule has 1 fully saturated rings. The minimum atomic E-state index is -0.203. The maximum absolute atomic E-state index is 12.8. The molecule has 2 heterocycles. The highest BCUT2D eigenvalue weighted by atomic mass is 79.9. The van der Waals surface area contributed by atoms with Crippen LogP contribution < -0.4 is 10.2 Å². The Morgan fingerprint density at radius 2 is 1.70 bits per heavy atom. The molecule has 0 spiro atoms. The van der Waals surface area contributed by atoms with Crippen LogP contribution in [0.3, 0.4) is 0 Å². The van der Waals surface area contributed by atoms with Gasteiger partial charge in [0.1, 0.15) is 5.82 Å². The summed E-state index contributed by atoms with van der Waals surface area (Å²) in [6, 6.07) is 20.9. The zero-order chi connectivity index (χ0) is 23.0. The average Bonchev–Trinajstić information content (AvgIpc) is 3.10. The Kier molecular flexibility index (Phi) is 7.52. The molecule has 0 radical (unpaired) electrons. The standard InChI is InChI=1S/C26H25BrN4O2/c27-22-10-8-21(9-11-22)26(33)31-16-4-15-30(17-18-31)24-13-12-23(19-28-24)29-25(32)14-7-20-5-2-1-3-6-20/h1-3,5-14,19H,4,15-18H2,(H,29,32). The first-order valence-electron chi connectivity index (χ1n) is 10.9. The lowest BCUT2D eigenvalue weighted by molar-refractivity contribution is -0.111. The average molecular weight is 505 g/mol. The van der Waals surface area contributed by atoms with Gasteiger partial charge in [0.15, 0.2) is 0 Å². The zero-order valence-corrected chi connectivity index (χ0v) is 19.7. The van der Waals surface area contributed by atoms with Gasteiger partial charge in [-0.15, -0.1) is 0 Å². The first-order chi connectivity index (χ1) is 16.1. The molecule has 168 valence electrons. The summed E-state index contributed by atoms with van der Waals surface area (Å²) in [6.07, 6.45) is 5.82. The summed E-state index contributed by atoms with van der Waals surface area (Å²) in [4.78, 5) is 33.6. The van der Waals surface area contributed by atoms with E-state index < -0.39 is 0 Å². The van der Waals surface area contributed by atoms with Crippen molar-refractivity contribution >= 4 is 45.3 Å². The van der Waals surface area contributed by atoms with E-state index in [1.54, 1.807) is 12.3 Å². The minimum Gasteiger partial charge on any atom is -0.355 e. The van der Waals surface area contributed by atoms with E-state index in [1.807, 2.05) is 71.6 Å². The molecule has 1 N–H and O–H groups in total. The molecule has 0 atom stereocenters. The van der Waals surface area contributed by atoms with Crippen LogP contribution in [0.4, 0.5) is 11.5 Å². The minimum absolute atomic E-state index is 0.0546. The fourth-order valence-corrected chi connectivity index (χ4v) is 3.96. The van der Waals surface area contributed by atoms with Crippen LogP contribution in [-0.4, -0.2) is 47.9 Å². The Labute approximate surface area is 202 Å². The summed E-state index contributed by atoms with van der Waals surface area (Å²) in [6.45, 7) is 2.88. The molecule has 0 saturated carbocycles. The molecule has 2 amide bonds. The highest BCUT2D eigenvalue weighted by molar-refractivity contribution is 9.10. The number of nitrogens with one attached hydrogen (secondary N) is 1. The first-order valence-corrected chi connectivity index (χ1v) is 11.7. The number of aromatic nitrogens is 1. The summed E-state index contributed by atoms with van der Waals surface area (Å²) in [5, 5.41) is 2.84. The number of hydrogen-bond acceptors (Lipinski definition) is 4. The molecule has 0 aliphatic carbocycles. The highest BCUT2D eigenvalue weighted by Crippen LogP contribution is 2.18. The molecule has 33 heavy (non-hydrogen) atoms. The fraction of sp³-hybridized carbons (Fsp3) is 0.192. The predicted octanol–water partition coefficient (Wildman–Crippen LogP) is 4.85. The predicted molar refractivity (Wildman–Crippen MR) is 135 cm³/mol. The summed E-state index contributed by atoms with van der Waals surface area (Å²) >= 11 is 3.41. The van der Waals surface area contributed by atoms with E-state index in [2.05, 4.69) is 31.1 Å². The molecular weight excluding hydrogens is 480 g/mol. The molecule has 6 nitrogen and oxygen atoms in total. The van der Waals surface area contributed by atoms with Crippen LogP contribution in [0, 0.1) is 0 Å². The maximum atomic E-state index is 12.8. The largest absolute Gasteiger partial charge is 0.355 e. The van der Waals surface area contributed by atoms with Gasteiger partial charge in [0, 0.05) is 42.3 Å². The number of carbonyl (C=O) groups excluding carboxylic acids is 2. The molecule has 1 aliphatic heterocycles. The molecule has 7 heteroatoms. The lowest BCUT2D eigenvalue weighted by Crippen LogP contribution is -2.35. The van der Waals surface area contributed by atoms with Gasteiger partial charge in [-0.1, -0.05) is 46.3 Å². The van der Waals surface area contributed by atoms with Gasteiger partial charge < -0.3 is 15.1 Å². The maximum Gasteiger partial charge on any atom is 0.253 e. The monoisotopic (exact) mass is 504 g/mol. The van der Waals surface area contributed by atoms with Crippen molar-refractivity contribution in [2.75, 3.05) is 36.4 Å². The van der Waals surface area contributed by atoms with Crippen molar-refractivity contribution < 1.29 is 9.59 Å². The van der Waals surface area contributed by atoms with E-state index in [0.717, 1.165) is 28.8 Å². The normalized spacial score (nSPS) is 14.2. The SMILES string of the molecule is O=C(C=Cc1ccccc1)Nc1ccc(N2CCCN(C(=O)c3ccc(Br)cc3)CC2)nc1. The second-order valence-electron chi connectivity index (χ2n) is 7.78. The quantitative estimate of drug-likeness (QED) is 0.504. The van der Waals surface area contributed by atoms with Gasteiger partial charge >= 0.3 is 0 Å². The van der Waals surface area contributed by atoms with Crippen molar-refractivity contribution in [1.29, 1.82) is 0 Å². The zero-order valence-electron chi connectivity index (χ0n) is 18.2. The Bertz CT molecular complexity index is 1120. The van der Waals surface area contributed by atoms with Crippen LogP contribution in [0.2, 0.25) is 0 Å². The Balaban J connectivity index is 1.32. The first kappa shape index (κ1) is 22.7. The lowest BCUT2D eigenvalue weighted by Gasteiger charge is -2.23. The van der Waals surface area contributed by atoms with Crippen LogP contribution in [0.15, 0.2) is 83.5 Å². The third-order valence-corrected chi connectivity index (χ3v) is 5.97. The number of halogens is 1. The Hall–Kier alpha value is -3.45. The summed E-state index contributed by atoms with van der Waals surface area (Å²) < 4.78 is 0.957. The van der Waals surface area contributed by atoms with Gasteiger partial charge in [-0.05, 0) is 54.5 Å². The van der Waals surface area contributed by atoms with E-state index in [0.29, 0.717) is 30.9 Å². The summed E-state index contributed by atoms with van der Waals surface area (Å²) in [7, 11) is 0. The van der Waals surface area contributed by atoms with Crippen LogP contribution in [0.1, 0.15) is 22.3 Å². The van der Waals surface area contributed by atoms with Crippen LogP contribution in [-0.2, 0) is 4.79 Å². The fourth-order valence-electron chi connectivity index (χ4n) is 3.69. The second-order valence-corrected chi connectivity index (χ2v) is 8.69. The molecule has 1 aliphatic rings. The number of carbonyl (C=O) groups is 2. The Morgan fingerprint density at radius 1 is 0.909 bits per heavy atom. The highest BCUT2D eigenvalue weighted by Gasteiger charge is 2.21. The molecule has 0 unspecified atom stereocenters. The van der Waals surface area contributed by atoms with Gasteiger partial charge in [0.2, 0.25) is 5.91 Å². The van der Waals surface area contributed by atoms with Gasteiger partial charge in [0.05, 0.1) is 11.9 Å². The van der Waals surface area contributed by atoms with E-state index in [-0.39, 0.29) is 11.8 Å². The van der Waals surface area contributed by atoms with Crippen LogP contribution in [0.25, 0.3) is 6.08 Å². The number of pyridine rings is 1. The summed E-state index contributed by atoms with van der Waals surface area (Å²) in [5.41, 5.74) is 2.31. The lowest BCUT2D eigenvalue weighted by atomic mass is 10.2. The third-order valence-electron chi connectivity index (χ3n) is 5.44. The van der Waals surface area contributed by atoms with E-state index in [4.69, 9.17) is 0 Å². The van der Waals surface area contributed by atoms with Crippen molar-refractivity contribution in [2.45, 2.75) is 6.42 Å². The van der Waals surface area contributed by atoms with Crippen molar-refractivity contribution in [1.82, 2.24) is 9.88 Å². The molecule has 1 saturated heterocycles. The Morgan fingerprint density at radius 3 is 2.42 bits per heavy atom. The number of benzene rings is 2. The van der Waals surface area contributed by atoms with E-state index in [9.17, 15) is 9.59 Å². The van der Waals surface area contributed by atoms with Crippen molar-refractivity contribution in [2.24, 2.45) is 0 Å². The van der Waals surface area contributed by atoms with Crippen molar-refractivity contribution in [3.8, 4) is 0 Å². The molecule has 1 aromatic heterocycles. The third kappa shape index (κ3) is 6.29. The molecule has 2 aromatic carbocycles. The smallest absolute Gasteiger partial charge is 0.253 e. The number of nitrogens with zero attached hydrogens (tertiary/aromatic N) is 3. The van der Waals surface area contributed by atoms with E-state index in [1.165, 1.54) is 6.08 Å². The van der Waals surface area contributed by atoms with Crippen molar-refractivity contribution in [3.05, 3.63) is 94.6 Å². The number of rotatable bonds is 5. The topological polar surface area (TPSA) is 65.5 Å². The molecule has 0 bridgehead atoms. The van der Waals surface area contributed by atoms with Crippen molar-refractivity contribution in [3.63, 3.8) is 0 Å². The van der Waals surface area contributed by atoms with Crippen LogP contribution >= 0.6 is 15.9 Å². The molecule has 3 aromatic rings. The summed E-state index contributed by atoms with van der Waals surface area (Å²) in [5.74, 6) is 0.690. The number of hydrogen-bond donors (Lipinski definition) is 1.